The number of halogens is 2. The molecule has 7 nitrogen and oxygen atoms in total. The molecule has 28 heavy (non-hydrogen) atoms. The molecule has 9 heteroatoms. The van der Waals surface area contributed by atoms with E-state index in [4.69, 9.17) is 27.9 Å². The molecule has 1 atom stereocenters. The van der Waals surface area contributed by atoms with Crippen LogP contribution in [0.2, 0.25) is 10.0 Å². The van der Waals surface area contributed by atoms with Gasteiger partial charge in [0.25, 0.3) is 5.91 Å². The molecule has 1 fully saturated rings. The zero-order chi connectivity index (χ0) is 20.1. The number of carbonyl (C=O) groups excluding carboxylic acids is 1. The number of aliphatic hydroxyl groups excluding tert-OH is 1. The van der Waals surface area contributed by atoms with Crippen LogP contribution in [0.1, 0.15) is 29.0 Å². The van der Waals surface area contributed by atoms with E-state index in [9.17, 15) is 9.90 Å². The maximum atomic E-state index is 12.0. The number of aromatic nitrogens is 2. The third-order valence-corrected chi connectivity index (χ3v) is 5.37. The van der Waals surface area contributed by atoms with E-state index >= 15 is 0 Å². The third-order valence-electron chi connectivity index (χ3n) is 4.63. The highest BCUT2D eigenvalue weighted by Gasteiger charge is 2.23. The first-order valence-electron chi connectivity index (χ1n) is 9.23. The van der Waals surface area contributed by atoms with Crippen molar-refractivity contribution in [1.29, 1.82) is 0 Å². The van der Waals surface area contributed by atoms with E-state index < -0.39 is 6.10 Å². The lowest BCUT2D eigenvalue weighted by Crippen LogP contribution is -2.45. The Hall–Kier alpha value is -1.80. The van der Waals surface area contributed by atoms with E-state index in [-0.39, 0.29) is 18.6 Å². The average Bonchev–Trinajstić information content (AvgIpc) is 3.11. The summed E-state index contributed by atoms with van der Waals surface area (Å²) in [7, 11) is 0. The van der Waals surface area contributed by atoms with Gasteiger partial charge in [0.05, 0.1) is 16.1 Å². The second-order valence-electron chi connectivity index (χ2n) is 6.99. The molecule has 1 aliphatic heterocycles. The summed E-state index contributed by atoms with van der Waals surface area (Å²) in [5.74, 6) is 0.418. The highest BCUT2D eigenvalue weighted by atomic mass is 35.5. The first-order chi connectivity index (χ1) is 13.4. The number of nitrogens with zero attached hydrogens (tertiary/aromatic N) is 2. The van der Waals surface area contributed by atoms with Gasteiger partial charge in [-0.25, -0.2) is 0 Å². The van der Waals surface area contributed by atoms with Crippen molar-refractivity contribution < 1.29 is 14.6 Å². The van der Waals surface area contributed by atoms with Crippen molar-refractivity contribution in [2.45, 2.75) is 32.0 Å². The predicted molar refractivity (Wildman–Crippen MR) is 108 cm³/mol. The van der Waals surface area contributed by atoms with Crippen molar-refractivity contribution >= 4 is 29.1 Å². The summed E-state index contributed by atoms with van der Waals surface area (Å²) >= 11 is 11.9. The van der Waals surface area contributed by atoms with Crippen LogP contribution in [0.3, 0.4) is 0 Å². The highest BCUT2D eigenvalue weighted by molar-refractivity contribution is 6.42. The van der Waals surface area contributed by atoms with Gasteiger partial charge in [0.2, 0.25) is 0 Å². The number of rotatable bonds is 7. The molecule has 0 bridgehead atoms. The normalized spacial score (nSPS) is 16.7. The number of hydrogen-bond acceptors (Lipinski definition) is 5. The van der Waals surface area contributed by atoms with Crippen LogP contribution in [-0.2, 0) is 0 Å². The lowest BCUT2D eigenvalue weighted by Gasteiger charge is -2.33. The van der Waals surface area contributed by atoms with Crippen LogP contribution >= 0.6 is 23.2 Å². The fourth-order valence-electron chi connectivity index (χ4n) is 3.15. The summed E-state index contributed by atoms with van der Waals surface area (Å²) in [4.78, 5) is 14.1. The Balaban J connectivity index is 1.37. The Kier molecular flexibility index (Phi) is 7.18. The lowest BCUT2D eigenvalue weighted by atomic mass is 10.1. The van der Waals surface area contributed by atoms with Gasteiger partial charge in [-0.05, 0) is 38.0 Å². The number of nitrogens with one attached hydrogen (secondary N) is 2. The Labute approximate surface area is 174 Å². The Morgan fingerprint density at radius 2 is 2.11 bits per heavy atom. The van der Waals surface area contributed by atoms with Crippen LogP contribution < -0.4 is 10.1 Å². The molecule has 3 N–H and O–H groups in total. The van der Waals surface area contributed by atoms with Gasteiger partial charge in [0.1, 0.15) is 17.5 Å². The fourth-order valence-corrected chi connectivity index (χ4v) is 3.44. The van der Waals surface area contributed by atoms with Crippen molar-refractivity contribution in [3.05, 3.63) is 45.7 Å². The lowest BCUT2D eigenvalue weighted by molar-refractivity contribution is 0.0593. The molecule has 1 aromatic heterocycles. The van der Waals surface area contributed by atoms with Crippen LogP contribution in [0.4, 0.5) is 0 Å². The number of aryl methyl sites for hydroxylation is 1. The van der Waals surface area contributed by atoms with Crippen molar-refractivity contribution in [2.75, 3.05) is 26.2 Å². The molecule has 1 amide bonds. The van der Waals surface area contributed by atoms with Crippen LogP contribution in [0.25, 0.3) is 0 Å². The zero-order valence-electron chi connectivity index (χ0n) is 15.6. The zero-order valence-corrected chi connectivity index (χ0v) is 17.1. The van der Waals surface area contributed by atoms with Gasteiger partial charge in [0, 0.05) is 37.9 Å². The van der Waals surface area contributed by atoms with Crippen LogP contribution in [0.5, 0.6) is 5.75 Å². The van der Waals surface area contributed by atoms with Crippen LogP contribution in [0.15, 0.2) is 24.3 Å². The minimum absolute atomic E-state index is 0.105. The maximum absolute atomic E-state index is 12.0. The second kappa shape index (κ2) is 9.60. The summed E-state index contributed by atoms with van der Waals surface area (Å²) in [6.07, 6.45) is 1.17. The molecule has 0 spiro atoms. The summed E-state index contributed by atoms with van der Waals surface area (Å²) in [6, 6.07) is 6.93. The number of benzene rings is 1. The minimum atomic E-state index is -0.642. The Morgan fingerprint density at radius 1 is 1.36 bits per heavy atom. The van der Waals surface area contributed by atoms with Gasteiger partial charge in [-0.3, -0.25) is 9.89 Å². The summed E-state index contributed by atoms with van der Waals surface area (Å²) in [6.45, 7) is 4.14. The second-order valence-corrected chi connectivity index (χ2v) is 7.81. The SMILES string of the molecule is Cc1cc(C(=O)NC[C@@H](O)CN2CCC(Oc3ccc(Cl)c(Cl)c3)CC2)n[nH]1. The maximum Gasteiger partial charge on any atom is 0.271 e. The number of aliphatic hydroxyl groups is 1. The van der Waals surface area contributed by atoms with E-state index in [0.717, 1.165) is 31.6 Å². The topological polar surface area (TPSA) is 90.5 Å². The number of piperidine rings is 1. The molecular formula is C19H24Cl2N4O3. The molecule has 0 unspecified atom stereocenters. The molecule has 2 aromatic rings. The number of aromatic amines is 1. The first kappa shape index (κ1) is 20.9. The van der Waals surface area contributed by atoms with E-state index in [1.165, 1.54) is 0 Å². The molecule has 0 saturated carbocycles. The quantitative estimate of drug-likeness (QED) is 0.632. The van der Waals surface area contributed by atoms with Gasteiger partial charge in [-0.2, -0.15) is 5.10 Å². The van der Waals surface area contributed by atoms with Crippen molar-refractivity contribution in [3.63, 3.8) is 0 Å². The Bertz CT molecular complexity index is 806. The summed E-state index contributed by atoms with van der Waals surface area (Å²) < 4.78 is 5.98. The number of ether oxygens (including phenoxy) is 1. The fraction of sp³-hybridized carbons (Fsp3) is 0.474. The highest BCUT2D eigenvalue weighted by Crippen LogP contribution is 2.28. The molecule has 1 aliphatic rings. The van der Waals surface area contributed by atoms with Gasteiger partial charge in [-0.15, -0.1) is 0 Å². The van der Waals surface area contributed by atoms with Gasteiger partial charge < -0.3 is 20.1 Å². The van der Waals surface area contributed by atoms with E-state index in [1.54, 1.807) is 18.2 Å². The van der Waals surface area contributed by atoms with Gasteiger partial charge >= 0.3 is 0 Å². The molecule has 2 heterocycles. The molecule has 1 saturated heterocycles. The number of carbonyl (C=O) groups is 1. The van der Waals surface area contributed by atoms with E-state index in [1.807, 2.05) is 13.0 Å². The van der Waals surface area contributed by atoms with E-state index in [0.29, 0.717) is 28.0 Å². The largest absolute Gasteiger partial charge is 0.490 e. The van der Waals surface area contributed by atoms with E-state index in [2.05, 4.69) is 20.4 Å². The van der Waals surface area contributed by atoms with Gasteiger partial charge in [-0.1, -0.05) is 23.2 Å². The third kappa shape index (κ3) is 5.85. The van der Waals surface area contributed by atoms with Gasteiger partial charge in [0.15, 0.2) is 0 Å². The molecule has 3 rings (SSSR count). The monoisotopic (exact) mass is 426 g/mol. The standard InChI is InChI=1S/C19H24Cl2N4O3/c1-12-8-18(24-23-12)19(27)22-10-13(26)11-25-6-4-14(5-7-25)28-15-2-3-16(20)17(21)9-15/h2-3,8-9,13-14,26H,4-7,10-11H2,1H3,(H,22,27)(H,23,24)/t13-/m1/s1. The molecule has 0 aliphatic carbocycles. The number of H-pyrrole nitrogens is 1. The smallest absolute Gasteiger partial charge is 0.271 e. The van der Waals surface area contributed by atoms with Crippen molar-refractivity contribution in [2.24, 2.45) is 0 Å². The molecule has 152 valence electrons. The summed E-state index contributed by atoms with van der Waals surface area (Å²) in [5.41, 5.74) is 1.14. The van der Waals surface area contributed by atoms with Crippen LogP contribution in [-0.4, -0.2) is 64.5 Å². The van der Waals surface area contributed by atoms with Crippen molar-refractivity contribution in [3.8, 4) is 5.75 Å². The number of likely N-dealkylation sites (tertiary alicyclic amines) is 1. The molecular weight excluding hydrogens is 403 g/mol. The van der Waals surface area contributed by atoms with Crippen LogP contribution in [0, 0.1) is 6.92 Å². The molecule has 0 radical (unpaired) electrons. The average molecular weight is 427 g/mol. The summed E-state index contributed by atoms with van der Waals surface area (Å²) in [5, 5.41) is 20.5. The first-order valence-corrected chi connectivity index (χ1v) is 9.98. The number of hydrogen-bond donors (Lipinski definition) is 3. The Morgan fingerprint density at radius 3 is 2.75 bits per heavy atom. The number of amides is 1. The minimum Gasteiger partial charge on any atom is -0.490 e. The molecule has 1 aromatic carbocycles. The number of β-amino-alcohol motifs (C(OH)–C–C–N with tert-alkyl or cyclic N) is 1. The predicted octanol–water partition coefficient (Wildman–Crippen LogP) is 2.66. The van der Waals surface area contributed by atoms with Crippen molar-refractivity contribution in [1.82, 2.24) is 20.4 Å².